The average Bonchev–Trinajstić information content (AvgIpc) is 2.82. The molecule has 0 aliphatic heterocycles. The van der Waals surface area contributed by atoms with Gasteiger partial charge in [-0.05, 0) is 46.7 Å². The van der Waals surface area contributed by atoms with Crippen molar-refractivity contribution in [3.05, 3.63) is 52.6 Å². The molecule has 0 amide bonds. The number of ketones is 1. The van der Waals surface area contributed by atoms with Crippen LogP contribution in [0.5, 0.6) is 0 Å². The number of rotatable bonds is 1. The van der Waals surface area contributed by atoms with Crippen LogP contribution in [0, 0.1) is 22.7 Å². The fourth-order valence-corrected chi connectivity index (χ4v) is 2.79. The molecule has 0 N–H and O–H groups in total. The summed E-state index contributed by atoms with van der Waals surface area (Å²) in [5.74, 6) is 6.42. The molecule has 132 valence electrons. The van der Waals surface area contributed by atoms with Crippen molar-refractivity contribution < 1.29 is 4.79 Å². The lowest BCUT2D eigenvalue weighted by Crippen LogP contribution is -2.16. The summed E-state index contributed by atoms with van der Waals surface area (Å²) in [7, 11) is 4.02. The van der Waals surface area contributed by atoms with Gasteiger partial charge in [-0.1, -0.05) is 53.4 Å². The Bertz CT molecular complexity index is 795. The number of nitrogens with zero attached hydrogens (tertiary/aromatic N) is 1. The predicted molar refractivity (Wildman–Crippen MR) is 107 cm³/mol. The fraction of sp³-hybridized carbons (Fsp3) is 0.435. The Labute approximate surface area is 152 Å². The quantitative estimate of drug-likeness (QED) is 0.673. The number of benzene rings is 1. The first-order valence-corrected chi connectivity index (χ1v) is 8.72. The van der Waals surface area contributed by atoms with Crippen molar-refractivity contribution in [2.24, 2.45) is 10.8 Å². The van der Waals surface area contributed by atoms with Gasteiger partial charge in [-0.25, -0.2) is 0 Å². The van der Waals surface area contributed by atoms with Crippen LogP contribution < -0.4 is 4.90 Å². The van der Waals surface area contributed by atoms with Gasteiger partial charge in [-0.3, -0.25) is 4.79 Å². The van der Waals surface area contributed by atoms with E-state index in [1.54, 1.807) is 0 Å². The van der Waals surface area contributed by atoms with Crippen LogP contribution in [0.4, 0.5) is 5.69 Å². The highest BCUT2D eigenvalue weighted by molar-refractivity contribution is 6.16. The SMILES string of the molecule is CN(C)c1ccc(C#CC2=C(C(C)(C)C)C=C(C(C)(C)C)C2=O)cc1. The first-order valence-electron chi connectivity index (χ1n) is 8.72. The van der Waals surface area contributed by atoms with E-state index in [-0.39, 0.29) is 16.6 Å². The van der Waals surface area contributed by atoms with Gasteiger partial charge in [0.1, 0.15) is 0 Å². The monoisotopic (exact) mass is 335 g/mol. The first-order chi connectivity index (χ1) is 11.4. The summed E-state index contributed by atoms with van der Waals surface area (Å²) in [6, 6.07) is 8.07. The maximum absolute atomic E-state index is 12.9. The molecule has 2 nitrogen and oxygen atoms in total. The summed E-state index contributed by atoms with van der Waals surface area (Å²) in [4.78, 5) is 15.0. The van der Waals surface area contributed by atoms with E-state index in [9.17, 15) is 4.79 Å². The molecule has 25 heavy (non-hydrogen) atoms. The lowest BCUT2D eigenvalue weighted by Gasteiger charge is -2.20. The zero-order valence-corrected chi connectivity index (χ0v) is 16.7. The molecule has 2 rings (SSSR count). The number of Topliss-reactive ketones (excluding diaryl/α,β-unsaturated/α-hetero) is 1. The summed E-state index contributed by atoms with van der Waals surface area (Å²) in [6.45, 7) is 12.6. The molecule has 0 unspecified atom stereocenters. The predicted octanol–water partition coefficient (Wildman–Crippen LogP) is 5.00. The summed E-state index contributed by atoms with van der Waals surface area (Å²) < 4.78 is 0. The fourth-order valence-electron chi connectivity index (χ4n) is 2.79. The van der Waals surface area contributed by atoms with Gasteiger partial charge in [0.25, 0.3) is 0 Å². The van der Waals surface area contributed by atoms with Gasteiger partial charge in [-0.15, -0.1) is 0 Å². The van der Waals surface area contributed by atoms with Crippen molar-refractivity contribution in [3.8, 4) is 11.8 Å². The molecule has 0 saturated heterocycles. The molecule has 0 spiro atoms. The molecular weight excluding hydrogens is 306 g/mol. The number of carbonyl (C=O) groups excluding carboxylic acids is 1. The molecule has 0 aromatic heterocycles. The van der Waals surface area contributed by atoms with Crippen LogP contribution in [0.1, 0.15) is 47.1 Å². The molecule has 0 fully saturated rings. The van der Waals surface area contributed by atoms with Crippen molar-refractivity contribution in [3.63, 3.8) is 0 Å². The molecule has 2 heteroatoms. The number of hydrogen-bond acceptors (Lipinski definition) is 2. The van der Waals surface area contributed by atoms with Crippen molar-refractivity contribution in [2.75, 3.05) is 19.0 Å². The minimum atomic E-state index is -0.176. The third-order valence-corrected chi connectivity index (χ3v) is 4.36. The van der Waals surface area contributed by atoms with Crippen LogP contribution in [0.25, 0.3) is 0 Å². The number of hydrogen-bond donors (Lipinski definition) is 0. The Morgan fingerprint density at radius 1 is 0.840 bits per heavy atom. The third-order valence-electron chi connectivity index (χ3n) is 4.36. The van der Waals surface area contributed by atoms with Crippen molar-refractivity contribution in [1.82, 2.24) is 0 Å². The van der Waals surface area contributed by atoms with E-state index < -0.39 is 0 Å². The third kappa shape index (κ3) is 4.23. The summed E-state index contributed by atoms with van der Waals surface area (Å²) >= 11 is 0. The van der Waals surface area contributed by atoms with Crippen molar-refractivity contribution >= 4 is 11.5 Å². The van der Waals surface area contributed by atoms with Crippen LogP contribution in [0.15, 0.2) is 47.1 Å². The van der Waals surface area contributed by atoms with Crippen LogP contribution in [-0.4, -0.2) is 19.9 Å². The minimum absolute atomic E-state index is 0.0786. The summed E-state index contributed by atoms with van der Waals surface area (Å²) in [5.41, 5.74) is 4.31. The summed E-state index contributed by atoms with van der Waals surface area (Å²) in [5, 5.41) is 0. The van der Waals surface area contributed by atoms with E-state index in [0.29, 0.717) is 5.57 Å². The molecular formula is C23H29NO. The lowest BCUT2D eigenvalue weighted by atomic mass is 9.83. The zero-order valence-electron chi connectivity index (χ0n) is 16.7. The Balaban J connectivity index is 2.42. The van der Waals surface area contributed by atoms with E-state index in [2.05, 4.69) is 64.4 Å². The van der Waals surface area contributed by atoms with Crippen molar-refractivity contribution in [1.29, 1.82) is 0 Å². The van der Waals surface area contributed by atoms with Gasteiger partial charge in [0.05, 0.1) is 5.57 Å². The molecule has 0 saturated carbocycles. The largest absolute Gasteiger partial charge is 0.378 e. The number of anilines is 1. The Morgan fingerprint density at radius 2 is 1.40 bits per heavy atom. The molecule has 0 bridgehead atoms. The topological polar surface area (TPSA) is 20.3 Å². The molecule has 1 aromatic carbocycles. The highest BCUT2D eigenvalue weighted by atomic mass is 16.1. The maximum Gasteiger partial charge on any atom is 0.198 e. The summed E-state index contributed by atoms with van der Waals surface area (Å²) in [6.07, 6.45) is 2.06. The van der Waals surface area contributed by atoms with Gasteiger partial charge in [0.2, 0.25) is 0 Å². The minimum Gasteiger partial charge on any atom is -0.378 e. The van der Waals surface area contributed by atoms with Crippen LogP contribution in [0.2, 0.25) is 0 Å². The second kappa shape index (κ2) is 6.56. The van der Waals surface area contributed by atoms with Gasteiger partial charge in [0, 0.05) is 30.9 Å². The van der Waals surface area contributed by atoms with E-state index in [0.717, 1.165) is 22.4 Å². The van der Waals surface area contributed by atoms with Gasteiger partial charge in [-0.2, -0.15) is 0 Å². The van der Waals surface area contributed by atoms with E-state index in [1.165, 1.54) is 0 Å². The molecule has 0 radical (unpaired) electrons. The van der Waals surface area contributed by atoms with Crippen LogP contribution in [-0.2, 0) is 4.79 Å². The van der Waals surface area contributed by atoms with Gasteiger partial charge < -0.3 is 4.90 Å². The van der Waals surface area contributed by atoms with Crippen LogP contribution >= 0.6 is 0 Å². The normalized spacial score (nSPS) is 15.0. The number of carbonyl (C=O) groups is 1. The van der Waals surface area contributed by atoms with Crippen LogP contribution in [0.3, 0.4) is 0 Å². The molecule has 0 heterocycles. The first kappa shape index (κ1) is 19.1. The Morgan fingerprint density at radius 3 is 1.84 bits per heavy atom. The maximum atomic E-state index is 12.9. The molecule has 1 aliphatic carbocycles. The van der Waals surface area contributed by atoms with E-state index in [1.807, 2.05) is 38.4 Å². The average molecular weight is 335 g/mol. The molecule has 1 aromatic rings. The number of allylic oxidation sites excluding steroid dienone is 4. The Kier molecular flexibility index (Phi) is 5.00. The smallest absolute Gasteiger partial charge is 0.198 e. The van der Waals surface area contributed by atoms with E-state index in [4.69, 9.17) is 0 Å². The van der Waals surface area contributed by atoms with Gasteiger partial charge in [0.15, 0.2) is 5.78 Å². The standard InChI is InChI=1S/C23H29NO/c1-22(2,3)19-15-20(23(4,5)6)21(25)18(19)14-11-16-9-12-17(13-10-16)24(7)8/h9-10,12-13,15H,1-8H3. The zero-order chi connectivity index (χ0) is 19.0. The highest BCUT2D eigenvalue weighted by Gasteiger charge is 2.35. The van der Waals surface area contributed by atoms with Crippen molar-refractivity contribution in [2.45, 2.75) is 41.5 Å². The van der Waals surface area contributed by atoms with Gasteiger partial charge >= 0.3 is 0 Å². The second-order valence-electron chi connectivity index (χ2n) is 8.87. The molecule has 1 aliphatic rings. The second-order valence-corrected chi connectivity index (χ2v) is 8.87. The highest BCUT2D eigenvalue weighted by Crippen LogP contribution is 2.41. The lowest BCUT2D eigenvalue weighted by molar-refractivity contribution is -0.112. The van der Waals surface area contributed by atoms with E-state index >= 15 is 0 Å². The Hall–Kier alpha value is -2.27. The molecule has 0 atom stereocenters.